The van der Waals surface area contributed by atoms with E-state index in [1.54, 1.807) is 19.2 Å². The van der Waals surface area contributed by atoms with Crippen molar-refractivity contribution in [1.29, 1.82) is 0 Å². The van der Waals surface area contributed by atoms with Gasteiger partial charge in [-0.05, 0) is 18.7 Å². The number of rotatable bonds is 5. The van der Waals surface area contributed by atoms with Crippen molar-refractivity contribution >= 4 is 5.91 Å². The fraction of sp³-hybridized carbons (Fsp3) is 0.533. The van der Waals surface area contributed by atoms with Gasteiger partial charge in [-0.25, -0.2) is 0 Å². The maximum absolute atomic E-state index is 11.2. The predicted octanol–water partition coefficient (Wildman–Crippen LogP) is 0.932. The lowest BCUT2D eigenvalue weighted by Gasteiger charge is -2.34. The number of hydrogen-bond acceptors (Lipinski definition) is 4. The summed E-state index contributed by atoms with van der Waals surface area (Å²) in [5, 5.41) is 0. The second kappa shape index (κ2) is 6.72. The van der Waals surface area contributed by atoms with Crippen LogP contribution in [0, 0.1) is 0 Å². The Morgan fingerprint density at radius 2 is 1.90 bits per heavy atom. The zero-order valence-electron chi connectivity index (χ0n) is 12.3. The monoisotopic (exact) mass is 277 g/mol. The molecule has 2 rings (SSSR count). The number of primary amides is 1. The Hall–Kier alpha value is -1.59. The first kappa shape index (κ1) is 14.8. The molecule has 1 heterocycles. The average molecular weight is 277 g/mol. The van der Waals surface area contributed by atoms with Gasteiger partial charge < -0.3 is 15.4 Å². The molecule has 5 heteroatoms. The molecule has 0 radical (unpaired) electrons. The van der Waals surface area contributed by atoms with Crippen molar-refractivity contribution in [2.24, 2.45) is 5.73 Å². The van der Waals surface area contributed by atoms with Crippen LogP contribution in [-0.4, -0.2) is 55.5 Å². The second-order valence-electron chi connectivity index (χ2n) is 5.10. The molecule has 1 fully saturated rings. The highest BCUT2D eigenvalue weighted by molar-refractivity contribution is 5.93. The molecule has 1 aliphatic heterocycles. The molecule has 1 aromatic carbocycles. The number of carbonyl (C=O) groups excluding carboxylic acids is 1. The molecular formula is C15H23N3O2. The minimum Gasteiger partial charge on any atom is -0.496 e. The van der Waals surface area contributed by atoms with Crippen molar-refractivity contribution in [3.05, 3.63) is 29.3 Å². The summed E-state index contributed by atoms with van der Waals surface area (Å²) in [7, 11) is 1.62. The van der Waals surface area contributed by atoms with E-state index >= 15 is 0 Å². The van der Waals surface area contributed by atoms with Crippen molar-refractivity contribution in [1.82, 2.24) is 9.80 Å². The van der Waals surface area contributed by atoms with Crippen LogP contribution in [0.25, 0.3) is 0 Å². The van der Waals surface area contributed by atoms with Crippen LogP contribution in [0.1, 0.15) is 22.8 Å². The van der Waals surface area contributed by atoms with E-state index in [0.717, 1.165) is 50.6 Å². The van der Waals surface area contributed by atoms with Gasteiger partial charge in [0.2, 0.25) is 5.91 Å². The number of nitrogens with zero attached hydrogens (tertiary/aromatic N) is 2. The number of nitrogens with two attached hydrogens (primary N) is 1. The molecule has 1 amide bonds. The number of methoxy groups -OCH3 is 1. The number of ether oxygens (including phenoxy) is 1. The second-order valence-corrected chi connectivity index (χ2v) is 5.10. The smallest absolute Gasteiger partial charge is 0.248 e. The molecule has 1 aromatic rings. The van der Waals surface area contributed by atoms with Crippen molar-refractivity contribution in [2.75, 3.05) is 39.8 Å². The standard InChI is InChI=1S/C15H23N3O2/c1-3-17-6-8-18(9-7-17)11-13-5-4-12(15(16)19)10-14(13)20-2/h4-5,10H,3,6-9,11H2,1-2H3,(H2,16,19). The van der Waals surface area contributed by atoms with Crippen molar-refractivity contribution in [3.63, 3.8) is 0 Å². The van der Waals surface area contributed by atoms with E-state index in [4.69, 9.17) is 10.5 Å². The molecule has 110 valence electrons. The van der Waals surface area contributed by atoms with Crippen LogP contribution in [0.2, 0.25) is 0 Å². The normalized spacial score (nSPS) is 17.1. The topological polar surface area (TPSA) is 58.8 Å². The lowest BCUT2D eigenvalue weighted by molar-refractivity contribution is 0.1000. The van der Waals surface area contributed by atoms with E-state index in [0.29, 0.717) is 5.56 Å². The number of amides is 1. The Balaban J connectivity index is 2.04. The van der Waals surface area contributed by atoms with Gasteiger partial charge in [0.1, 0.15) is 5.75 Å². The van der Waals surface area contributed by atoms with Crippen LogP contribution < -0.4 is 10.5 Å². The predicted molar refractivity (Wildman–Crippen MR) is 78.9 cm³/mol. The average Bonchev–Trinajstić information content (AvgIpc) is 2.48. The molecule has 0 atom stereocenters. The lowest BCUT2D eigenvalue weighted by atomic mass is 10.1. The zero-order chi connectivity index (χ0) is 14.5. The zero-order valence-corrected chi connectivity index (χ0v) is 12.3. The van der Waals surface area contributed by atoms with Crippen LogP contribution in [0.15, 0.2) is 18.2 Å². The Morgan fingerprint density at radius 1 is 1.25 bits per heavy atom. The van der Waals surface area contributed by atoms with Gasteiger partial charge >= 0.3 is 0 Å². The van der Waals surface area contributed by atoms with Crippen molar-refractivity contribution in [2.45, 2.75) is 13.5 Å². The number of hydrogen-bond donors (Lipinski definition) is 1. The molecule has 1 aliphatic rings. The Kier molecular flexibility index (Phi) is 4.98. The summed E-state index contributed by atoms with van der Waals surface area (Å²) in [6, 6.07) is 5.42. The minimum atomic E-state index is -0.425. The third-order valence-electron chi connectivity index (χ3n) is 3.88. The summed E-state index contributed by atoms with van der Waals surface area (Å²) in [5.74, 6) is 0.311. The van der Waals surface area contributed by atoms with Gasteiger partial charge in [0.15, 0.2) is 0 Å². The minimum absolute atomic E-state index is 0.425. The molecule has 2 N–H and O–H groups in total. The third-order valence-corrected chi connectivity index (χ3v) is 3.88. The lowest BCUT2D eigenvalue weighted by Crippen LogP contribution is -2.45. The highest BCUT2D eigenvalue weighted by Gasteiger charge is 2.17. The van der Waals surface area contributed by atoms with Crippen molar-refractivity contribution < 1.29 is 9.53 Å². The fourth-order valence-electron chi connectivity index (χ4n) is 2.53. The highest BCUT2D eigenvalue weighted by Crippen LogP contribution is 2.22. The summed E-state index contributed by atoms with van der Waals surface area (Å²) in [5.41, 5.74) is 6.88. The van der Waals surface area contributed by atoms with E-state index in [2.05, 4.69) is 16.7 Å². The summed E-state index contributed by atoms with van der Waals surface area (Å²) in [4.78, 5) is 16.0. The van der Waals surface area contributed by atoms with Crippen LogP contribution >= 0.6 is 0 Å². The molecule has 0 spiro atoms. The quantitative estimate of drug-likeness (QED) is 0.870. The Labute approximate surface area is 120 Å². The molecule has 20 heavy (non-hydrogen) atoms. The first-order valence-electron chi connectivity index (χ1n) is 7.05. The van der Waals surface area contributed by atoms with Crippen LogP contribution in [0.4, 0.5) is 0 Å². The molecule has 5 nitrogen and oxygen atoms in total. The van der Waals surface area contributed by atoms with Crippen LogP contribution in [0.5, 0.6) is 5.75 Å². The van der Waals surface area contributed by atoms with Gasteiger partial charge in [0.05, 0.1) is 7.11 Å². The maximum atomic E-state index is 11.2. The summed E-state index contributed by atoms with van der Waals surface area (Å²) in [6.45, 7) is 8.50. The molecule has 0 aromatic heterocycles. The largest absolute Gasteiger partial charge is 0.496 e. The summed E-state index contributed by atoms with van der Waals surface area (Å²) < 4.78 is 5.38. The summed E-state index contributed by atoms with van der Waals surface area (Å²) >= 11 is 0. The number of carbonyl (C=O) groups is 1. The van der Waals surface area contributed by atoms with Gasteiger partial charge in [-0.15, -0.1) is 0 Å². The van der Waals surface area contributed by atoms with Gasteiger partial charge in [0.25, 0.3) is 0 Å². The molecule has 0 bridgehead atoms. The molecule has 0 unspecified atom stereocenters. The first-order chi connectivity index (χ1) is 9.63. The number of likely N-dealkylation sites (N-methyl/N-ethyl adjacent to an activating group) is 1. The summed E-state index contributed by atoms with van der Waals surface area (Å²) in [6.07, 6.45) is 0. The highest BCUT2D eigenvalue weighted by atomic mass is 16.5. The molecule has 0 aliphatic carbocycles. The van der Waals surface area contributed by atoms with E-state index in [-0.39, 0.29) is 0 Å². The maximum Gasteiger partial charge on any atom is 0.248 e. The van der Waals surface area contributed by atoms with Gasteiger partial charge in [-0.3, -0.25) is 9.69 Å². The molecule has 1 saturated heterocycles. The van der Waals surface area contributed by atoms with Crippen LogP contribution in [-0.2, 0) is 6.54 Å². The van der Waals surface area contributed by atoms with E-state index in [9.17, 15) is 4.79 Å². The molecular weight excluding hydrogens is 254 g/mol. The third kappa shape index (κ3) is 3.49. The van der Waals surface area contributed by atoms with Gasteiger partial charge in [-0.1, -0.05) is 13.0 Å². The number of benzene rings is 1. The number of piperazine rings is 1. The van der Waals surface area contributed by atoms with Crippen molar-refractivity contribution in [3.8, 4) is 5.75 Å². The van der Waals surface area contributed by atoms with E-state index < -0.39 is 5.91 Å². The van der Waals surface area contributed by atoms with Gasteiger partial charge in [-0.2, -0.15) is 0 Å². The van der Waals surface area contributed by atoms with Crippen LogP contribution in [0.3, 0.4) is 0 Å². The van der Waals surface area contributed by atoms with E-state index in [1.165, 1.54) is 0 Å². The fourth-order valence-corrected chi connectivity index (χ4v) is 2.53. The SMILES string of the molecule is CCN1CCN(Cc2ccc(C(N)=O)cc2OC)CC1. The van der Waals surface area contributed by atoms with E-state index in [1.807, 2.05) is 6.07 Å². The Bertz CT molecular complexity index is 468. The first-order valence-corrected chi connectivity index (χ1v) is 7.05. The van der Waals surface area contributed by atoms with Gasteiger partial charge in [0, 0.05) is 43.9 Å². The Morgan fingerprint density at radius 3 is 2.45 bits per heavy atom. The molecule has 0 saturated carbocycles.